The van der Waals surface area contributed by atoms with Crippen LogP contribution in [0.25, 0.3) is 22.8 Å². The van der Waals surface area contributed by atoms with Gasteiger partial charge >= 0.3 is 6.09 Å². The number of hydrogen-bond acceptors (Lipinski definition) is 6. The Morgan fingerprint density at radius 3 is 2.71 bits per heavy atom. The van der Waals surface area contributed by atoms with Gasteiger partial charge in [0.05, 0.1) is 10.6 Å². The van der Waals surface area contributed by atoms with Crippen molar-refractivity contribution in [1.82, 2.24) is 15.1 Å². The van der Waals surface area contributed by atoms with Gasteiger partial charge in [-0.1, -0.05) is 28.4 Å². The second-order valence-electron chi connectivity index (χ2n) is 4.49. The molecule has 2 aromatic heterocycles. The highest BCUT2D eigenvalue weighted by molar-refractivity contribution is 6.41. The van der Waals surface area contributed by atoms with Crippen molar-refractivity contribution in [3.63, 3.8) is 0 Å². The number of nitrogens with two attached hydrogens (primary N) is 1. The van der Waals surface area contributed by atoms with E-state index in [0.29, 0.717) is 11.1 Å². The van der Waals surface area contributed by atoms with Crippen LogP contribution < -0.4 is 10.5 Å². The van der Waals surface area contributed by atoms with E-state index in [9.17, 15) is 9.18 Å². The number of rotatable bonds is 3. The summed E-state index contributed by atoms with van der Waals surface area (Å²) in [5.74, 6) is -0.841. The molecule has 1 aromatic carbocycles. The van der Waals surface area contributed by atoms with Crippen molar-refractivity contribution in [2.75, 3.05) is 0 Å². The van der Waals surface area contributed by atoms with Crippen LogP contribution in [0.4, 0.5) is 9.18 Å². The van der Waals surface area contributed by atoms with Crippen molar-refractivity contribution < 1.29 is 18.4 Å². The fraction of sp³-hybridized carbons (Fsp3) is 0. The van der Waals surface area contributed by atoms with Crippen LogP contribution in [0.15, 0.2) is 35.0 Å². The first-order valence-corrected chi connectivity index (χ1v) is 7.12. The van der Waals surface area contributed by atoms with E-state index in [4.69, 9.17) is 33.5 Å². The van der Waals surface area contributed by atoms with Gasteiger partial charge in [-0.05, 0) is 24.3 Å². The smallest absolute Gasteiger partial charge is 0.407 e. The molecule has 7 nitrogen and oxygen atoms in total. The summed E-state index contributed by atoms with van der Waals surface area (Å²) in [5, 5.41) is 4.13. The third-order valence-electron chi connectivity index (χ3n) is 2.87. The van der Waals surface area contributed by atoms with E-state index in [0.717, 1.165) is 6.07 Å². The summed E-state index contributed by atoms with van der Waals surface area (Å²) in [6, 6.07) is 5.27. The van der Waals surface area contributed by atoms with E-state index < -0.39 is 11.9 Å². The number of carbonyl (C=O) groups excluding carboxylic acids is 1. The zero-order valence-corrected chi connectivity index (χ0v) is 13.2. The van der Waals surface area contributed by atoms with Crippen LogP contribution in [0.3, 0.4) is 0 Å². The molecule has 122 valence electrons. The molecule has 0 bridgehead atoms. The normalized spacial score (nSPS) is 10.6. The highest BCUT2D eigenvalue weighted by Crippen LogP contribution is 2.28. The third-order valence-corrected chi connectivity index (χ3v) is 3.56. The molecule has 0 aliphatic rings. The second-order valence-corrected chi connectivity index (χ2v) is 5.25. The molecule has 3 aromatic rings. The molecular formula is C14H7Cl2FN4O3. The lowest BCUT2D eigenvalue weighted by molar-refractivity contribution is 0.208. The summed E-state index contributed by atoms with van der Waals surface area (Å²) >= 11 is 11.6. The molecule has 0 atom stereocenters. The Labute approximate surface area is 144 Å². The van der Waals surface area contributed by atoms with E-state index in [1.54, 1.807) is 0 Å². The number of halogens is 3. The number of pyridine rings is 1. The fourth-order valence-corrected chi connectivity index (χ4v) is 2.10. The number of ether oxygens (including phenoxy) is 1. The molecule has 24 heavy (non-hydrogen) atoms. The Morgan fingerprint density at radius 2 is 2.04 bits per heavy atom. The van der Waals surface area contributed by atoms with Crippen molar-refractivity contribution in [3.8, 4) is 28.6 Å². The Kier molecular flexibility index (Phi) is 4.32. The minimum atomic E-state index is -1.12. The zero-order valence-electron chi connectivity index (χ0n) is 11.7. The van der Waals surface area contributed by atoms with Crippen LogP contribution in [-0.2, 0) is 0 Å². The molecule has 3 rings (SSSR count). The number of aromatic nitrogens is 3. The van der Waals surface area contributed by atoms with Crippen molar-refractivity contribution >= 4 is 29.3 Å². The van der Waals surface area contributed by atoms with E-state index in [-0.39, 0.29) is 27.6 Å². The quantitative estimate of drug-likeness (QED) is 0.706. The van der Waals surface area contributed by atoms with Gasteiger partial charge in [-0.25, -0.2) is 14.2 Å². The lowest BCUT2D eigenvalue weighted by Gasteiger charge is -2.02. The molecule has 0 saturated carbocycles. The van der Waals surface area contributed by atoms with Crippen LogP contribution >= 0.6 is 23.2 Å². The molecule has 0 spiro atoms. The first-order valence-electron chi connectivity index (χ1n) is 6.36. The zero-order chi connectivity index (χ0) is 17.3. The molecule has 0 aliphatic heterocycles. The predicted octanol–water partition coefficient (Wildman–Crippen LogP) is 3.70. The minimum Gasteiger partial charge on any atom is -0.407 e. The van der Waals surface area contributed by atoms with Crippen LogP contribution in [-0.4, -0.2) is 21.2 Å². The van der Waals surface area contributed by atoms with Crippen LogP contribution in [0.5, 0.6) is 5.75 Å². The highest BCUT2D eigenvalue weighted by Gasteiger charge is 2.15. The molecule has 0 saturated heterocycles. The second kappa shape index (κ2) is 6.42. The summed E-state index contributed by atoms with van der Waals surface area (Å²) in [5.41, 5.74) is 5.61. The average molecular weight is 369 g/mol. The monoisotopic (exact) mass is 368 g/mol. The summed E-state index contributed by atoms with van der Waals surface area (Å²) < 4.78 is 23.5. The van der Waals surface area contributed by atoms with Gasteiger partial charge < -0.3 is 15.0 Å². The van der Waals surface area contributed by atoms with Crippen LogP contribution in [0.1, 0.15) is 0 Å². The Morgan fingerprint density at radius 1 is 1.25 bits per heavy atom. The summed E-state index contributed by atoms with van der Waals surface area (Å²) in [6.45, 7) is 0. The van der Waals surface area contributed by atoms with Crippen molar-refractivity contribution in [2.45, 2.75) is 0 Å². The number of amides is 1. The SMILES string of the molecule is NC(=O)Oc1ccc(-c2noc(-c3cnc(Cl)c(Cl)c3)n2)cc1F. The van der Waals surface area contributed by atoms with E-state index >= 15 is 0 Å². The lowest BCUT2D eigenvalue weighted by atomic mass is 10.2. The van der Waals surface area contributed by atoms with Crippen molar-refractivity contribution in [3.05, 3.63) is 46.5 Å². The topological polar surface area (TPSA) is 104 Å². The maximum absolute atomic E-state index is 13.9. The van der Waals surface area contributed by atoms with Gasteiger partial charge in [0, 0.05) is 11.8 Å². The van der Waals surface area contributed by atoms with Gasteiger partial charge in [-0.3, -0.25) is 0 Å². The van der Waals surface area contributed by atoms with Gasteiger partial charge in [0.2, 0.25) is 5.82 Å². The maximum atomic E-state index is 13.9. The minimum absolute atomic E-state index is 0.126. The van der Waals surface area contributed by atoms with Gasteiger partial charge in [-0.15, -0.1) is 0 Å². The Balaban J connectivity index is 1.91. The molecule has 0 fully saturated rings. The molecule has 2 heterocycles. The van der Waals surface area contributed by atoms with E-state index in [2.05, 4.69) is 19.9 Å². The number of nitrogens with zero attached hydrogens (tertiary/aromatic N) is 3. The van der Waals surface area contributed by atoms with Crippen molar-refractivity contribution in [1.29, 1.82) is 0 Å². The number of primary amides is 1. The summed E-state index contributed by atoms with van der Waals surface area (Å²) in [6.07, 6.45) is 0.297. The highest BCUT2D eigenvalue weighted by atomic mass is 35.5. The van der Waals surface area contributed by atoms with Crippen LogP contribution in [0, 0.1) is 5.82 Å². The molecule has 0 unspecified atom stereocenters. The summed E-state index contributed by atoms with van der Waals surface area (Å²) in [7, 11) is 0. The fourth-order valence-electron chi connectivity index (χ4n) is 1.83. The van der Waals surface area contributed by atoms with Gasteiger partial charge in [-0.2, -0.15) is 4.98 Å². The molecule has 10 heteroatoms. The largest absolute Gasteiger partial charge is 0.410 e. The molecule has 2 N–H and O–H groups in total. The standard InChI is InChI=1S/C14H7Cl2FN4O3/c15-8-3-7(5-19-11(8)16)13-20-12(21-24-13)6-1-2-10(9(17)4-6)23-14(18)22/h1-5H,(H2,18,22). The third kappa shape index (κ3) is 3.29. The van der Waals surface area contributed by atoms with Gasteiger partial charge in [0.25, 0.3) is 5.89 Å². The Hall–Kier alpha value is -2.71. The predicted molar refractivity (Wildman–Crippen MR) is 83.2 cm³/mol. The van der Waals surface area contributed by atoms with Gasteiger partial charge in [0.1, 0.15) is 5.15 Å². The molecule has 0 radical (unpaired) electrons. The van der Waals surface area contributed by atoms with E-state index in [1.807, 2.05) is 0 Å². The maximum Gasteiger partial charge on any atom is 0.410 e. The average Bonchev–Trinajstić information content (AvgIpc) is 3.01. The van der Waals surface area contributed by atoms with Crippen molar-refractivity contribution in [2.24, 2.45) is 5.73 Å². The van der Waals surface area contributed by atoms with Gasteiger partial charge in [0.15, 0.2) is 11.6 Å². The van der Waals surface area contributed by atoms with Crippen LogP contribution in [0.2, 0.25) is 10.2 Å². The molecule has 0 aliphatic carbocycles. The number of hydrogen-bond donors (Lipinski definition) is 1. The van der Waals surface area contributed by atoms with E-state index in [1.165, 1.54) is 24.4 Å². The first-order chi connectivity index (χ1) is 11.4. The summed E-state index contributed by atoms with van der Waals surface area (Å²) in [4.78, 5) is 18.7. The molecule has 1 amide bonds. The molecular weight excluding hydrogens is 362 g/mol. The number of benzene rings is 1. The first kappa shape index (κ1) is 16.2. The Bertz CT molecular complexity index is 932. The lowest BCUT2D eigenvalue weighted by Crippen LogP contribution is -2.16. The number of carbonyl (C=O) groups is 1.